The molecular formula is C22H25F3N8O3. The van der Waals surface area contributed by atoms with E-state index in [4.69, 9.17) is 15.0 Å². The number of nitrogens with two attached hydrogens (primary N) is 1. The van der Waals surface area contributed by atoms with Crippen molar-refractivity contribution in [3.8, 4) is 11.6 Å². The van der Waals surface area contributed by atoms with Crippen LogP contribution in [0.2, 0.25) is 0 Å². The number of amides is 1. The minimum atomic E-state index is -4.23. The van der Waals surface area contributed by atoms with Gasteiger partial charge in [-0.1, -0.05) is 23.4 Å². The number of halogens is 3. The third kappa shape index (κ3) is 6.44. The third-order valence-electron chi connectivity index (χ3n) is 5.68. The zero-order valence-electron chi connectivity index (χ0n) is 19.5. The van der Waals surface area contributed by atoms with Crippen LogP contribution in [0.25, 0.3) is 11.6 Å². The van der Waals surface area contributed by atoms with E-state index >= 15 is 0 Å². The molecule has 11 nitrogen and oxygen atoms in total. The summed E-state index contributed by atoms with van der Waals surface area (Å²) in [6, 6.07) is 9.39. The number of nitrogen functional groups attached to an aromatic ring is 1. The molecule has 1 aliphatic heterocycles. The van der Waals surface area contributed by atoms with Crippen molar-refractivity contribution in [1.29, 1.82) is 0 Å². The topological polar surface area (TPSA) is 136 Å². The molecule has 1 amide bonds. The Balaban J connectivity index is 1.36. The summed E-state index contributed by atoms with van der Waals surface area (Å²) in [5, 5.41) is 3.83. The normalized spacial score (nSPS) is 14.7. The molecule has 2 N–H and O–H groups in total. The summed E-state index contributed by atoms with van der Waals surface area (Å²) in [4.78, 5) is 32.8. The molecule has 3 heterocycles. The molecule has 1 fully saturated rings. The Morgan fingerprint density at radius 3 is 2.56 bits per heavy atom. The lowest BCUT2D eigenvalue weighted by Gasteiger charge is -2.30. The number of carbonyl (C=O) groups is 1. The molecule has 192 valence electrons. The molecule has 1 aliphatic rings. The van der Waals surface area contributed by atoms with Crippen LogP contribution in [0.5, 0.6) is 0 Å². The molecular weight excluding hydrogens is 481 g/mol. The molecule has 0 radical (unpaired) electrons. The number of aromatic nitrogens is 5. The molecule has 3 aromatic rings. The fourth-order valence-corrected chi connectivity index (χ4v) is 3.67. The quantitative estimate of drug-likeness (QED) is 0.454. The Bertz CT molecular complexity index is 1170. The van der Waals surface area contributed by atoms with E-state index in [9.17, 15) is 18.0 Å². The van der Waals surface area contributed by atoms with Crippen molar-refractivity contribution >= 4 is 23.5 Å². The molecule has 0 unspecified atom stereocenters. The minimum Gasteiger partial charge on any atom is -0.381 e. The number of nitrogens with zero attached hydrogens (tertiary/aromatic N) is 7. The van der Waals surface area contributed by atoms with Crippen molar-refractivity contribution in [3.05, 3.63) is 36.2 Å². The molecule has 0 bridgehead atoms. The number of hydrogen-bond acceptors (Lipinski definition) is 10. The largest absolute Gasteiger partial charge is 0.391 e. The molecule has 0 saturated carbocycles. The summed E-state index contributed by atoms with van der Waals surface area (Å²) in [5.74, 6) is -0.332. The Morgan fingerprint density at radius 2 is 1.86 bits per heavy atom. The van der Waals surface area contributed by atoms with E-state index in [1.165, 1.54) is 0 Å². The van der Waals surface area contributed by atoms with Crippen molar-refractivity contribution in [2.45, 2.75) is 25.4 Å². The van der Waals surface area contributed by atoms with E-state index in [1.807, 2.05) is 30.3 Å². The van der Waals surface area contributed by atoms with Gasteiger partial charge in [0.1, 0.15) is 0 Å². The van der Waals surface area contributed by atoms with Gasteiger partial charge in [-0.05, 0) is 30.9 Å². The van der Waals surface area contributed by atoms with Crippen LogP contribution < -0.4 is 10.6 Å². The van der Waals surface area contributed by atoms with Gasteiger partial charge in [0, 0.05) is 32.4 Å². The fraction of sp³-hybridized carbons (Fsp3) is 0.455. The first-order valence-electron chi connectivity index (χ1n) is 11.3. The van der Waals surface area contributed by atoms with E-state index in [0.717, 1.165) is 5.69 Å². The molecule has 2 aromatic heterocycles. The number of para-hydroxylation sites is 1. The minimum absolute atomic E-state index is 0.0110. The Labute approximate surface area is 204 Å². The van der Waals surface area contributed by atoms with E-state index in [-0.39, 0.29) is 48.6 Å². The maximum absolute atomic E-state index is 12.8. The van der Waals surface area contributed by atoms with Crippen LogP contribution in [-0.2, 0) is 4.74 Å². The number of alkyl halides is 3. The van der Waals surface area contributed by atoms with Gasteiger partial charge < -0.3 is 24.8 Å². The lowest BCUT2D eigenvalue weighted by Crippen LogP contribution is -2.39. The third-order valence-corrected chi connectivity index (χ3v) is 5.68. The SMILES string of the molecule is CN(c1ccccc1)c1nc(N)nc(-c2noc(C(=O)N3CCC(COCCC(F)(F)F)CC3)n2)n1. The number of benzene rings is 1. The van der Waals surface area contributed by atoms with Gasteiger partial charge in [0.05, 0.1) is 13.0 Å². The van der Waals surface area contributed by atoms with Gasteiger partial charge in [0.25, 0.3) is 0 Å². The highest BCUT2D eigenvalue weighted by molar-refractivity contribution is 5.90. The van der Waals surface area contributed by atoms with E-state index < -0.39 is 18.5 Å². The van der Waals surface area contributed by atoms with E-state index in [1.54, 1.807) is 16.8 Å². The molecule has 14 heteroatoms. The number of anilines is 3. The smallest absolute Gasteiger partial charge is 0.381 e. The van der Waals surface area contributed by atoms with E-state index in [0.29, 0.717) is 25.9 Å². The lowest BCUT2D eigenvalue weighted by atomic mass is 9.98. The number of carbonyl (C=O) groups excluding carboxylic acids is 1. The standard InChI is InChI=1S/C22H25F3N8O3/c1-32(15-5-3-2-4-6-15)21-29-16(28-20(26)30-21)17-27-18(36-31-17)19(34)33-10-7-14(8-11-33)13-35-12-9-22(23,24)25/h2-6,14H,7-13H2,1H3,(H2,26,28,29,30). The van der Waals surface area contributed by atoms with Crippen LogP contribution in [0.15, 0.2) is 34.9 Å². The zero-order chi connectivity index (χ0) is 25.7. The summed E-state index contributed by atoms with van der Waals surface area (Å²) >= 11 is 0. The van der Waals surface area contributed by atoms with Gasteiger partial charge in [0.15, 0.2) is 0 Å². The maximum atomic E-state index is 12.8. The summed E-state index contributed by atoms with van der Waals surface area (Å²) in [6.07, 6.45) is -4.01. The second kappa shape index (κ2) is 10.8. The zero-order valence-corrected chi connectivity index (χ0v) is 19.5. The van der Waals surface area contributed by atoms with Gasteiger partial charge in [-0.3, -0.25) is 4.79 Å². The predicted molar refractivity (Wildman–Crippen MR) is 122 cm³/mol. The van der Waals surface area contributed by atoms with Crippen molar-refractivity contribution < 1.29 is 27.2 Å². The number of likely N-dealkylation sites (tertiary alicyclic amines) is 1. The van der Waals surface area contributed by atoms with Crippen molar-refractivity contribution in [2.24, 2.45) is 5.92 Å². The van der Waals surface area contributed by atoms with Crippen molar-refractivity contribution in [3.63, 3.8) is 0 Å². The second-order valence-corrected chi connectivity index (χ2v) is 8.31. The number of ether oxygens (including phenoxy) is 1. The monoisotopic (exact) mass is 506 g/mol. The van der Waals surface area contributed by atoms with Crippen LogP contribution in [0.1, 0.15) is 29.9 Å². The van der Waals surface area contributed by atoms with Gasteiger partial charge in [-0.15, -0.1) is 0 Å². The van der Waals surface area contributed by atoms with Gasteiger partial charge >= 0.3 is 18.0 Å². The maximum Gasteiger partial charge on any atom is 0.391 e. The summed E-state index contributed by atoms with van der Waals surface area (Å²) in [6.45, 7) is 0.657. The number of rotatable bonds is 8. The van der Waals surface area contributed by atoms with Crippen LogP contribution in [0.3, 0.4) is 0 Å². The van der Waals surface area contributed by atoms with Gasteiger partial charge in [-0.25, -0.2) is 0 Å². The molecule has 36 heavy (non-hydrogen) atoms. The summed E-state index contributed by atoms with van der Waals surface area (Å²) < 4.78 is 47.0. The molecule has 1 saturated heterocycles. The highest BCUT2D eigenvalue weighted by Gasteiger charge is 2.29. The van der Waals surface area contributed by atoms with Crippen LogP contribution in [0, 0.1) is 5.92 Å². The highest BCUT2D eigenvalue weighted by Crippen LogP contribution is 2.24. The first-order valence-corrected chi connectivity index (χ1v) is 11.3. The summed E-state index contributed by atoms with van der Waals surface area (Å²) in [5.41, 5.74) is 6.68. The fourth-order valence-electron chi connectivity index (χ4n) is 3.67. The first-order chi connectivity index (χ1) is 17.2. The first kappa shape index (κ1) is 25.3. The molecule has 1 aromatic carbocycles. The average Bonchev–Trinajstić information content (AvgIpc) is 3.36. The molecule has 0 aliphatic carbocycles. The van der Waals surface area contributed by atoms with Crippen LogP contribution in [-0.4, -0.2) is 75.4 Å². The Hall–Kier alpha value is -3.81. The predicted octanol–water partition coefficient (Wildman–Crippen LogP) is 3.09. The van der Waals surface area contributed by atoms with Crippen LogP contribution in [0.4, 0.5) is 30.8 Å². The van der Waals surface area contributed by atoms with Crippen molar-refractivity contribution in [2.75, 3.05) is 44.0 Å². The Morgan fingerprint density at radius 1 is 1.14 bits per heavy atom. The molecule has 0 atom stereocenters. The highest BCUT2D eigenvalue weighted by atomic mass is 19.4. The summed E-state index contributed by atoms with van der Waals surface area (Å²) in [7, 11) is 1.77. The average molecular weight is 506 g/mol. The van der Waals surface area contributed by atoms with Gasteiger partial charge in [0.2, 0.25) is 23.5 Å². The van der Waals surface area contributed by atoms with Crippen LogP contribution >= 0.6 is 0 Å². The van der Waals surface area contributed by atoms with Gasteiger partial charge in [-0.2, -0.15) is 33.1 Å². The number of hydrogen-bond donors (Lipinski definition) is 1. The molecule has 4 rings (SSSR count). The second-order valence-electron chi connectivity index (χ2n) is 8.31. The lowest BCUT2D eigenvalue weighted by molar-refractivity contribution is -0.146. The number of piperidine rings is 1. The Kier molecular flexibility index (Phi) is 7.62. The van der Waals surface area contributed by atoms with Crippen molar-refractivity contribution in [1.82, 2.24) is 30.0 Å². The molecule has 0 spiro atoms. The van der Waals surface area contributed by atoms with E-state index in [2.05, 4.69) is 25.1 Å².